The number of amides is 2. The molecule has 0 spiro atoms. The summed E-state index contributed by atoms with van der Waals surface area (Å²) in [5.74, 6) is -1.13. The molecule has 2 aromatic carbocycles. The van der Waals surface area contributed by atoms with Crippen LogP contribution >= 0.6 is 15.9 Å². The number of H-pyrrole nitrogens is 1. The summed E-state index contributed by atoms with van der Waals surface area (Å²) < 4.78 is 22.0. The van der Waals surface area contributed by atoms with Crippen LogP contribution in [0.5, 0.6) is 17.2 Å². The highest BCUT2D eigenvalue weighted by Gasteiger charge is 2.52. The van der Waals surface area contributed by atoms with Gasteiger partial charge in [0.1, 0.15) is 5.69 Å². The Kier molecular flexibility index (Phi) is 9.50. The molecule has 0 radical (unpaired) electrons. The molecule has 0 bridgehead atoms. The highest BCUT2D eigenvalue weighted by molar-refractivity contribution is 9.09. The topological polar surface area (TPSA) is 189 Å². The number of rotatable bonds is 8. The number of piperazine rings is 1. The van der Waals surface area contributed by atoms with Crippen LogP contribution in [0.4, 0.5) is 16.2 Å². The predicted octanol–water partition coefficient (Wildman–Crippen LogP) is 2.26. The minimum absolute atomic E-state index is 0.00517. The molecule has 0 aliphatic carbocycles. The molecule has 2 unspecified atom stereocenters. The number of ether oxygens (including phenoxy) is 4. The fourth-order valence-electron chi connectivity index (χ4n) is 6.84. The van der Waals surface area contributed by atoms with Gasteiger partial charge in [0.05, 0.1) is 50.4 Å². The lowest BCUT2D eigenvalue weighted by molar-refractivity contribution is -0.143. The van der Waals surface area contributed by atoms with Crippen molar-refractivity contribution in [1.29, 1.82) is 0 Å². The lowest BCUT2D eigenvalue weighted by Crippen LogP contribution is -2.50. The fourth-order valence-corrected chi connectivity index (χ4v) is 7.46. The number of aromatic amines is 1. The molecule has 6 rings (SSSR count). The van der Waals surface area contributed by atoms with Gasteiger partial charge in [0.25, 0.3) is 5.91 Å². The van der Waals surface area contributed by atoms with Gasteiger partial charge in [0.2, 0.25) is 5.78 Å². The van der Waals surface area contributed by atoms with E-state index in [-0.39, 0.29) is 40.7 Å². The number of hydrogen-bond donors (Lipinski definition) is 4. The quantitative estimate of drug-likeness (QED) is 0.150. The van der Waals surface area contributed by atoms with Crippen LogP contribution in [0.25, 0.3) is 10.9 Å². The second kappa shape index (κ2) is 13.5. The maximum Gasteiger partial charge on any atom is 0.415 e. The summed E-state index contributed by atoms with van der Waals surface area (Å²) in [5.41, 5.74) is 6.29. The number of benzene rings is 2. The first kappa shape index (κ1) is 34.5. The number of carbonyl (C=O) groups is 4. The number of hydrogen-bond acceptors (Lipinski definition) is 12. The van der Waals surface area contributed by atoms with Crippen LogP contribution in [-0.2, 0) is 22.6 Å². The number of esters is 1. The second-order valence-electron chi connectivity index (χ2n) is 12.3. The highest BCUT2D eigenvalue weighted by Crippen LogP contribution is 2.48. The first-order chi connectivity index (χ1) is 23.5. The molecule has 4 heterocycles. The third-order valence-electron chi connectivity index (χ3n) is 9.35. The number of anilines is 2. The SMILES string of the molecule is COC(=O)C1(C)Nc2c(OC(=O)N3CCN(CCN)CC3)cc3c(c2C1=O)CC(Br)CN3C(=O)c1cc2cc(CO)c(OC)c(OC)c2[nH]1. The third-order valence-corrected chi connectivity index (χ3v) is 9.97. The maximum absolute atomic E-state index is 14.4. The number of aromatic nitrogens is 1. The van der Waals surface area contributed by atoms with E-state index in [0.717, 1.165) is 6.54 Å². The van der Waals surface area contributed by atoms with Gasteiger partial charge in [0.15, 0.2) is 22.8 Å². The number of Topliss-reactive ketones (excluding diaryl/α,β-unsaturated/α-hetero) is 1. The van der Waals surface area contributed by atoms with Crippen molar-refractivity contribution in [2.45, 2.75) is 30.3 Å². The van der Waals surface area contributed by atoms with Crippen LogP contribution in [0, 0.1) is 0 Å². The predicted molar refractivity (Wildman–Crippen MR) is 183 cm³/mol. The number of fused-ring (bicyclic) bond motifs is 4. The fraction of sp³-hybridized carbons (Fsp3) is 0.455. The van der Waals surface area contributed by atoms with E-state index in [2.05, 4.69) is 31.1 Å². The summed E-state index contributed by atoms with van der Waals surface area (Å²) in [6.45, 7) is 4.65. The van der Waals surface area contributed by atoms with Crippen LogP contribution in [0.3, 0.4) is 0 Å². The Bertz CT molecular complexity index is 1840. The van der Waals surface area contributed by atoms with E-state index in [0.29, 0.717) is 78.4 Å². The zero-order valence-electron chi connectivity index (χ0n) is 27.7. The van der Waals surface area contributed by atoms with Gasteiger partial charge in [-0.1, -0.05) is 15.9 Å². The van der Waals surface area contributed by atoms with Crippen molar-refractivity contribution in [3.8, 4) is 17.2 Å². The lowest BCUT2D eigenvalue weighted by Gasteiger charge is -2.35. The number of nitrogens with two attached hydrogens (primary N) is 1. The standard InChI is InChI=1S/C33H39BrN6O9/c1-33(31(44)48-4)29(42)24-20-13-19(34)15-40(30(43)21-12-17-11-18(16-41)27(46-2)28(47-3)25(17)36-21)22(20)14-23(26(24)37-33)49-32(45)39-9-7-38(6-5-35)8-10-39/h11-12,14,19,36-37,41H,5-10,13,15-16,35H2,1-4H3. The molecular weight excluding hydrogens is 704 g/mol. The van der Waals surface area contributed by atoms with E-state index >= 15 is 0 Å². The Morgan fingerprint density at radius 3 is 2.43 bits per heavy atom. The summed E-state index contributed by atoms with van der Waals surface area (Å²) in [6.07, 6.45) is -0.278. The maximum atomic E-state index is 14.4. The minimum atomic E-state index is -1.79. The number of aliphatic hydroxyl groups is 1. The van der Waals surface area contributed by atoms with Crippen LogP contribution in [0.15, 0.2) is 18.2 Å². The van der Waals surface area contributed by atoms with E-state index in [4.69, 9.17) is 24.7 Å². The largest absolute Gasteiger partial charge is 0.492 e. The smallest absolute Gasteiger partial charge is 0.415 e. The summed E-state index contributed by atoms with van der Waals surface area (Å²) >= 11 is 3.67. The first-order valence-corrected chi connectivity index (χ1v) is 16.7. The summed E-state index contributed by atoms with van der Waals surface area (Å²) in [6, 6.07) is 4.92. The van der Waals surface area contributed by atoms with Crippen LogP contribution < -0.4 is 30.2 Å². The molecule has 15 nitrogen and oxygen atoms in total. The van der Waals surface area contributed by atoms with Crippen LogP contribution in [-0.4, -0.2) is 121 Å². The average molecular weight is 744 g/mol. The number of alkyl halides is 1. The monoisotopic (exact) mass is 742 g/mol. The Labute approximate surface area is 290 Å². The molecule has 3 aromatic rings. The highest BCUT2D eigenvalue weighted by atomic mass is 79.9. The Morgan fingerprint density at radius 2 is 1.80 bits per heavy atom. The van der Waals surface area contributed by atoms with Gasteiger partial charge in [-0.25, -0.2) is 9.59 Å². The van der Waals surface area contributed by atoms with Crippen molar-refractivity contribution in [2.24, 2.45) is 5.73 Å². The molecule has 49 heavy (non-hydrogen) atoms. The zero-order chi connectivity index (χ0) is 35.2. The van der Waals surface area contributed by atoms with Crippen molar-refractivity contribution < 1.29 is 43.2 Å². The van der Waals surface area contributed by atoms with Gasteiger partial charge < -0.3 is 49.9 Å². The second-order valence-corrected chi connectivity index (χ2v) is 13.6. The van der Waals surface area contributed by atoms with Crippen molar-refractivity contribution in [1.82, 2.24) is 14.8 Å². The first-order valence-electron chi connectivity index (χ1n) is 15.8. The Balaban J connectivity index is 1.43. The van der Waals surface area contributed by atoms with Gasteiger partial charge in [0, 0.05) is 67.7 Å². The molecule has 262 valence electrons. The number of aliphatic hydroxyl groups excluding tert-OH is 1. The molecule has 3 aliphatic rings. The summed E-state index contributed by atoms with van der Waals surface area (Å²) in [4.78, 5) is 63.0. The van der Waals surface area contributed by atoms with E-state index in [1.807, 2.05) is 0 Å². The van der Waals surface area contributed by atoms with E-state index < -0.39 is 29.3 Å². The van der Waals surface area contributed by atoms with Gasteiger partial charge in [-0.05, 0) is 31.0 Å². The van der Waals surface area contributed by atoms with Gasteiger partial charge in [-0.15, -0.1) is 0 Å². The number of methoxy groups -OCH3 is 3. The van der Waals surface area contributed by atoms with Crippen molar-refractivity contribution >= 4 is 62.0 Å². The molecular formula is C33H39BrN6O9. The third kappa shape index (κ3) is 5.85. The van der Waals surface area contributed by atoms with Gasteiger partial charge in [-0.2, -0.15) is 0 Å². The van der Waals surface area contributed by atoms with E-state index in [1.165, 1.54) is 33.2 Å². The number of ketones is 1. The van der Waals surface area contributed by atoms with E-state index in [9.17, 15) is 24.3 Å². The molecule has 3 aliphatic heterocycles. The number of nitrogens with one attached hydrogen (secondary N) is 2. The number of carbonyl (C=O) groups excluding carboxylic acids is 4. The van der Waals surface area contributed by atoms with Crippen molar-refractivity contribution in [2.75, 3.05) is 77.4 Å². The minimum Gasteiger partial charge on any atom is -0.492 e. The normalized spacial score (nSPS) is 20.5. The van der Waals surface area contributed by atoms with Crippen molar-refractivity contribution in [3.05, 3.63) is 40.6 Å². The number of halogens is 1. The van der Waals surface area contributed by atoms with Crippen molar-refractivity contribution in [3.63, 3.8) is 0 Å². The Hall–Kier alpha value is -4.38. The molecule has 0 saturated carbocycles. The molecule has 1 fully saturated rings. The molecule has 5 N–H and O–H groups in total. The molecule has 1 saturated heterocycles. The lowest BCUT2D eigenvalue weighted by atomic mass is 9.88. The molecule has 1 aromatic heterocycles. The van der Waals surface area contributed by atoms with Gasteiger partial charge >= 0.3 is 12.1 Å². The average Bonchev–Trinajstić information content (AvgIpc) is 3.65. The van der Waals surface area contributed by atoms with Gasteiger partial charge in [-0.3, -0.25) is 14.5 Å². The Morgan fingerprint density at radius 1 is 1.08 bits per heavy atom. The molecule has 16 heteroatoms. The zero-order valence-corrected chi connectivity index (χ0v) is 29.3. The number of nitrogens with zero attached hydrogens (tertiary/aromatic N) is 3. The van der Waals surface area contributed by atoms with E-state index in [1.54, 1.807) is 23.1 Å². The summed E-state index contributed by atoms with van der Waals surface area (Å²) in [7, 11) is 4.12. The van der Waals surface area contributed by atoms with Crippen LogP contribution in [0.1, 0.15) is 38.9 Å². The summed E-state index contributed by atoms with van der Waals surface area (Å²) in [5, 5.41) is 13.5. The van der Waals surface area contributed by atoms with Crippen LogP contribution in [0.2, 0.25) is 0 Å². The molecule has 2 atom stereocenters. The molecule has 2 amide bonds.